The summed E-state index contributed by atoms with van der Waals surface area (Å²) in [5, 5.41) is 9.20. The number of phenolic OH excluding ortho intramolecular Hbond substituents is 1. The number of rotatable bonds is 1. The van der Waals surface area contributed by atoms with Gasteiger partial charge in [-0.1, -0.05) is 18.2 Å². The van der Waals surface area contributed by atoms with Crippen LogP contribution in [-0.2, 0) is 4.84 Å². The number of hydroxylamine groups is 1. The first-order chi connectivity index (χ1) is 4.88. The first-order valence-corrected chi connectivity index (χ1v) is 3.07. The van der Waals surface area contributed by atoms with Crippen molar-refractivity contribution in [3.05, 3.63) is 29.8 Å². The Morgan fingerprint density at radius 3 is 2.55 bits per heavy atom. The monoisotopic (exact) mass is 167 g/mol. The number of hydrogen-bond donors (Lipinski definition) is 2. The van der Waals surface area contributed by atoms with Crippen molar-refractivity contribution < 1.29 is 9.94 Å². The van der Waals surface area contributed by atoms with E-state index in [2.05, 4.69) is 5.48 Å². The summed E-state index contributed by atoms with van der Waals surface area (Å²) >= 11 is 0. The Kier molecular flexibility index (Phi) is 2.53. The lowest BCUT2D eigenvalue weighted by Crippen LogP contribution is -1.83. The van der Waals surface area contributed by atoms with E-state index in [1.807, 2.05) is 12.1 Å². The van der Waals surface area contributed by atoms with Crippen LogP contribution in [0.15, 0.2) is 24.3 Å². The molecule has 58 valence electrons. The van der Waals surface area contributed by atoms with Crippen LogP contribution in [0.2, 0.25) is 0 Å². The zero-order valence-electron chi connectivity index (χ0n) is 5.24. The summed E-state index contributed by atoms with van der Waals surface area (Å²) in [6, 6.07) is 7.10. The molecule has 1 unspecified atom stereocenters. The van der Waals surface area contributed by atoms with Gasteiger partial charge in [0.25, 0.3) is 0 Å². The second kappa shape index (κ2) is 3.25. The highest BCUT2D eigenvalue weighted by Crippen LogP contribution is 2.30. The summed E-state index contributed by atoms with van der Waals surface area (Å²) in [5.41, 5.74) is 3.43. The zero-order valence-corrected chi connectivity index (χ0v) is 5.24. The van der Waals surface area contributed by atoms with Gasteiger partial charge >= 0.3 is 0 Å². The molecule has 0 saturated carbocycles. The molecule has 0 aromatic heterocycles. The molecule has 2 rings (SSSR count). The Balaban J connectivity index is 0.000000605. The van der Waals surface area contributed by atoms with E-state index in [0.717, 1.165) is 5.56 Å². The zero-order chi connectivity index (χ0) is 6.97. The summed E-state index contributed by atoms with van der Waals surface area (Å²) in [7, 11) is 0. The Hall–Kier alpha value is -0.528. The van der Waals surface area contributed by atoms with E-state index in [-0.39, 0.29) is 29.3 Å². The van der Waals surface area contributed by atoms with Gasteiger partial charge in [-0.15, -0.1) is 0 Å². The third-order valence-corrected chi connectivity index (χ3v) is 1.45. The fourth-order valence-corrected chi connectivity index (χ4v) is 0.870. The average molecular weight is 167 g/mol. The van der Waals surface area contributed by atoms with Gasteiger partial charge in [-0.05, 0) is 6.07 Å². The van der Waals surface area contributed by atoms with E-state index >= 15 is 0 Å². The molecule has 1 aromatic rings. The lowest BCUT2D eigenvalue weighted by atomic mass is 10.2. The highest BCUT2D eigenvalue weighted by molar-refractivity contribution is 5.75. The van der Waals surface area contributed by atoms with Crippen molar-refractivity contribution in [2.24, 2.45) is 0 Å². The fraction of sp³-hybridized carbons (Fsp3) is 0.143. The Morgan fingerprint density at radius 2 is 2.00 bits per heavy atom. The number of phenols is 1. The van der Waals surface area contributed by atoms with Crippen LogP contribution in [0, 0.1) is 0 Å². The largest absolute Gasteiger partial charge is 0.508 e. The summed E-state index contributed by atoms with van der Waals surface area (Å²) < 4.78 is 0. The quantitative estimate of drug-likeness (QED) is 0.447. The lowest BCUT2D eigenvalue weighted by Gasteiger charge is -1.95. The predicted octanol–water partition coefficient (Wildman–Crippen LogP) is -0.258. The number of nitrogens with one attached hydrogen (secondary N) is 1. The first kappa shape index (κ1) is 8.57. The molecule has 0 amide bonds. The summed E-state index contributed by atoms with van der Waals surface area (Å²) in [5.74, 6) is 0.275. The van der Waals surface area contributed by atoms with Gasteiger partial charge in [-0.3, -0.25) is 4.84 Å². The van der Waals surface area contributed by atoms with Crippen LogP contribution in [0.3, 0.4) is 0 Å². The fourth-order valence-electron chi connectivity index (χ4n) is 0.870. The van der Waals surface area contributed by atoms with Gasteiger partial charge in [0.1, 0.15) is 5.75 Å². The van der Waals surface area contributed by atoms with E-state index in [1.165, 1.54) is 0 Å². The van der Waals surface area contributed by atoms with Crippen LogP contribution in [0.4, 0.5) is 0 Å². The van der Waals surface area contributed by atoms with Crippen LogP contribution in [-0.4, -0.2) is 22.5 Å². The Labute approximate surface area is 75.1 Å². The molecule has 1 heterocycles. The van der Waals surface area contributed by atoms with Gasteiger partial charge in [-0.2, -0.15) is 5.48 Å². The van der Waals surface area contributed by atoms with Crippen molar-refractivity contribution in [2.75, 3.05) is 0 Å². The highest BCUT2D eigenvalue weighted by atomic mass is 27.0. The van der Waals surface area contributed by atoms with Crippen molar-refractivity contribution in [3.63, 3.8) is 0 Å². The van der Waals surface area contributed by atoms with E-state index in [4.69, 9.17) is 4.84 Å². The highest BCUT2D eigenvalue weighted by Gasteiger charge is 2.26. The third-order valence-electron chi connectivity index (χ3n) is 1.45. The molecule has 3 nitrogen and oxygen atoms in total. The maximum absolute atomic E-state index is 9.20. The second-order valence-corrected chi connectivity index (χ2v) is 2.17. The smallest absolute Gasteiger partial charge is 0.187 e. The number of para-hydroxylation sites is 1. The standard InChI is InChI=1S/C7H7NO2.Al.3H/c9-6-4-2-1-3-5(6)7-8-10-7;;;;/h1-4,7-9H;;;;. The van der Waals surface area contributed by atoms with Gasteiger partial charge < -0.3 is 5.11 Å². The van der Waals surface area contributed by atoms with Crippen LogP contribution in [0.25, 0.3) is 0 Å². The molecule has 2 N–H and O–H groups in total. The van der Waals surface area contributed by atoms with Crippen LogP contribution in [0.5, 0.6) is 5.75 Å². The van der Waals surface area contributed by atoms with E-state index in [1.54, 1.807) is 12.1 Å². The molecule has 0 bridgehead atoms. The minimum atomic E-state index is -0.0961. The molecule has 11 heavy (non-hydrogen) atoms. The van der Waals surface area contributed by atoms with E-state index in [0.29, 0.717) is 0 Å². The Bertz CT molecular complexity index is 250. The van der Waals surface area contributed by atoms with Gasteiger partial charge in [0.15, 0.2) is 23.6 Å². The molecule has 0 radical (unpaired) electrons. The molecular weight excluding hydrogens is 157 g/mol. The molecule has 0 spiro atoms. The van der Waals surface area contributed by atoms with Crippen LogP contribution < -0.4 is 5.48 Å². The molecule has 1 aliphatic rings. The predicted molar refractivity (Wildman–Crippen MR) is 45.0 cm³/mol. The Morgan fingerprint density at radius 1 is 1.36 bits per heavy atom. The molecule has 0 aliphatic carbocycles. The minimum absolute atomic E-state index is 0. The average Bonchev–Trinajstić information content (AvgIpc) is 2.71. The normalized spacial score (nSPS) is 20.5. The number of benzene rings is 1. The van der Waals surface area contributed by atoms with Crippen molar-refractivity contribution >= 4 is 17.4 Å². The molecular formula is C7H10AlNO2. The van der Waals surface area contributed by atoms with Crippen molar-refractivity contribution in [1.29, 1.82) is 0 Å². The molecule has 1 aliphatic heterocycles. The molecule has 1 atom stereocenters. The van der Waals surface area contributed by atoms with Gasteiger partial charge in [0.05, 0.1) is 0 Å². The summed E-state index contributed by atoms with van der Waals surface area (Å²) in [6.45, 7) is 0. The SMILES string of the molecule is Oc1ccccc1C1NO1.[AlH3]. The molecule has 1 saturated heterocycles. The van der Waals surface area contributed by atoms with E-state index < -0.39 is 0 Å². The van der Waals surface area contributed by atoms with Crippen molar-refractivity contribution in [1.82, 2.24) is 5.48 Å². The van der Waals surface area contributed by atoms with Gasteiger partial charge in [0, 0.05) is 5.56 Å². The van der Waals surface area contributed by atoms with Crippen molar-refractivity contribution in [3.8, 4) is 5.75 Å². The summed E-state index contributed by atoms with van der Waals surface area (Å²) in [6.07, 6.45) is -0.0961. The van der Waals surface area contributed by atoms with Gasteiger partial charge in [0.2, 0.25) is 0 Å². The maximum atomic E-state index is 9.20. The second-order valence-electron chi connectivity index (χ2n) is 2.17. The molecule has 4 heteroatoms. The van der Waals surface area contributed by atoms with E-state index in [9.17, 15) is 5.11 Å². The third kappa shape index (κ3) is 1.73. The number of hydrogen-bond acceptors (Lipinski definition) is 3. The maximum Gasteiger partial charge on any atom is 0.187 e. The lowest BCUT2D eigenvalue weighted by molar-refractivity contribution is 0.368. The molecule has 1 aromatic carbocycles. The van der Waals surface area contributed by atoms with Crippen molar-refractivity contribution in [2.45, 2.75) is 6.23 Å². The first-order valence-electron chi connectivity index (χ1n) is 3.07. The number of aromatic hydroxyl groups is 1. The van der Waals surface area contributed by atoms with Crippen LogP contribution >= 0.6 is 0 Å². The molecule has 1 fully saturated rings. The summed E-state index contributed by atoms with van der Waals surface area (Å²) in [4.78, 5) is 4.77. The van der Waals surface area contributed by atoms with Gasteiger partial charge in [-0.25, -0.2) is 0 Å². The van der Waals surface area contributed by atoms with Crippen LogP contribution in [0.1, 0.15) is 11.8 Å². The topological polar surface area (TPSA) is 54.7 Å². The minimum Gasteiger partial charge on any atom is -0.508 e.